The van der Waals surface area contributed by atoms with Crippen LogP contribution >= 0.6 is 0 Å². The number of nitrogens with two attached hydrogens (primary N) is 1. The van der Waals surface area contributed by atoms with Gasteiger partial charge in [-0.15, -0.1) is 0 Å². The van der Waals surface area contributed by atoms with Crippen LogP contribution in [0.15, 0.2) is 0 Å². The average molecular weight is 175 g/mol. The highest BCUT2D eigenvalue weighted by Gasteiger charge is 2.03. The third-order valence-corrected chi connectivity index (χ3v) is 1.23. The summed E-state index contributed by atoms with van der Waals surface area (Å²) in [5.74, 6) is -0.948. The van der Waals surface area contributed by atoms with Gasteiger partial charge in [0, 0.05) is 0 Å². The number of hydrogen-bond acceptors (Lipinski definition) is 4. The van der Waals surface area contributed by atoms with Crippen molar-refractivity contribution in [1.29, 1.82) is 0 Å². The van der Waals surface area contributed by atoms with Crippen LogP contribution in [0.2, 0.25) is 0 Å². The van der Waals surface area contributed by atoms with Gasteiger partial charge < -0.3 is 0 Å². The first kappa shape index (κ1) is 8.98. The minimum atomic E-state index is -3.79. The molecule has 0 saturated carbocycles. The molecule has 0 aliphatic carbocycles. The Balaban J connectivity index is 3.67. The van der Waals surface area contributed by atoms with Crippen molar-refractivity contribution >= 4 is 21.4 Å². The molecule has 0 aliphatic heterocycles. The Kier molecular flexibility index (Phi) is 3.22. The van der Waals surface area contributed by atoms with Crippen LogP contribution < -0.4 is 5.14 Å². The van der Waals surface area contributed by atoms with Crippen LogP contribution in [0.4, 0.5) is 0 Å². The molecule has 0 aromatic rings. The van der Waals surface area contributed by atoms with Crippen molar-refractivity contribution < 1.29 is 21.4 Å². The van der Waals surface area contributed by atoms with E-state index in [0.29, 0.717) is 0 Å². The standard InChI is InChI=1S/CH5NO5S2/c2-9(5,6)1-7-8(3)4/h1H2,(H,3,4)(H2,2,5,6). The van der Waals surface area contributed by atoms with E-state index in [4.69, 9.17) is 4.55 Å². The van der Waals surface area contributed by atoms with Crippen LogP contribution in [0, 0.1) is 0 Å². The maximum absolute atomic E-state index is 9.94. The molecule has 8 heteroatoms. The highest BCUT2D eigenvalue weighted by Crippen LogP contribution is 1.82. The summed E-state index contributed by atoms with van der Waals surface area (Å²) in [6.07, 6.45) is 0. The zero-order chi connectivity index (χ0) is 7.49. The summed E-state index contributed by atoms with van der Waals surface area (Å²) in [5.41, 5.74) is 0. The van der Waals surface area contributed by atoms with Crippen molar-refractivity contribution in [2.24, 2.45) is 5.14 Å². The summed E-state index contributed by atoms with van der Waals surface area (Å²) >= 11 is -2.57. The third-order valence-electron chi connectivity index (χ3n) is 0.313. The zero-order valence-electron chi connectivity index (χ0n) is 4.18. The van der Waals surface area contributed by atoms with E-state index < -0.39 is 27.3 Å². The molecule has 1 unspecified atom stereocenters. The first-order chi connectivity index (χ1) is 3.92. The van der Waals surface area contributed by atoms with E-state index >= 15 is 0 Å². The Morgan fingerprint density at radius 2 is 2.11 bits per heavy atom. The SMILES string of the molecule is NS(=O)(=O)COS(=O)O. The average Bonchev–Trinajstić information content (AvgIpc) is 1.59. The Morgan fingerprint density at radius 1 is 1.67 bits per heavy atom. The van der Waals surface area contributed by atoms with Crippen LogP contribution in [0.25, 0.3) is 0 Å². The maximum atomic E-state index is 9.94. The summed E-state index contributed by atoms with van der Waals surface area (Å²) in [6.45, 7) is 0. The topological polar surface area (TPSA) is 107 Å². The second kappa shape index (κ2) is 3.22. The molecule has 0 aromatic carbocycles. The Bertz CT molecular complexity index is 193. The molecule has 0 aromatic heterocycles. The zero-order valence-corrected chi connectivity index (χ0v) is 5.81. The van der Waals surface area contributed by atoms with Crippen LogP contribution in [-0.4, -0.2) is 23.1 Å². The van der Waals surface area contributed by atoms with Crippen molar-refractivity contribution in [3.8, 4) is 0 Å². The molecule has 0 spiro atoms. The van der Waals surface area contributed by atoms with E-state index in [-0.39, 0.29) is 0 Å². The lowest BCUT2D eigenvalue weighted by Gasteiger charge is -1.92. The molecule has 0 aliphatic rings. The van der Waals surface area contributed by atoms with Crippen LogP contribution in [0.5, 0.6) is 0 Å². The molecule has 0 bridgehead atoms. The fourth-order valence-electron chi connectivity index (χ4n) is 0.108. The number of primary sulfonamides is 1. The second-order valence-electron chi connectivity index (χ2n) is 1.12. The summed E-state index contributed by atoms with van der Waals surface area (Å²) < 4.78 is 41.1. The van der Waals surface area contributed by atoms with Gasteiger partial charge in [0.25, 0.3) is 0 Å². The summed E-state index contributed by atoms with van der Waals surface area (Å²) in [4.78, 5) is 0. The van der Waals surface area contributed by atoms with Crippen molar-refractivity contribution in [1.82, 2.24) is 0 Å². The molecule has 6 nitrogen and oxygen atoms in total. The molecule has 0 fully saturated rings. The second-order valence-corrected chi connectivity index (χ2v) is 3.35. The minimum absolute atomic E-state index is 0.948. The number of hydrogen-bond donors (Lipinski definition) is 2. The van der Waals surface area contributed by atoms with E-state index in [2.05, 4.69) is 9.32 Å². The van der Waals surface area contributed by atoms with Gasteiger partial charge in [0.05, 0.1) is 0 Å². The summed E-state index contributed by atoms with van der Waals surface area (Å²) in [5, 5.41) is 4.39. The summed E-state index contributed by atoms with van der Waals surface area (Å²) in [6, 6.07) is 0. The van der Waals surface area contributed by atoms with E-state index in [0.717, 1.165) is 0 Å². The lowest BCUT2D eigenvalue weighted by molar-refractivity contribution is 0.353. The number of sulfonamides is 1. The molecule has 0 heterocycles. The monoisotopic (exact) mass is 175 g/mol. The van der Waals surface area contributed by atoms with Gasteiger partial charge in [0.2, 0.25) is 10.0 Å². The van der Waals surface area contributed by atoms with E-state index in [1.807, 2.05) is 0 Å². The minimum Gasteiger partial charge on any atom is -0.284 e. The molecule has 0 saturated heterocycles. The molecule has 56 valence electrons. The molecule has 3 N–H and O–H groups in total. The fraction of sp³-hybridized carbons (Fsp3) is 1.00. The smallest absolute Gasteiger partial charge is 0.284 e. The third kappa shape index (κ3) is 7.98. The van der Waals surface area contributed by atoms with Gasteiger partial charge in [-0.2, -0.15) is 4.21 Å². The Hall–Kier alpha value is -0.0200. The van der Waals surface area contributed by atoms with Crippen molar-refractivity contribution in [2.75, 3.05) is 5.94 Å². The fourth-order valence-corrected chi connectivity index (χ4v) is 0.974. The summed E-state index contributed by atoms with van der Waals surface area (Å²) in [7, 11) is -3.79. The van der Waals surface area contributed by atoms with Crippen LogP contribution in [-0.2, 0) is 25.6 Å². The lowest BCUT2D eigenvalue weighted by atomic mass is 11.7. The molecular weight excluding hydrogens is 170 g/mol. The first-order valence-corrected chi connectivity index (χ1v) is 4.41. The Morgan fingerprint density at radius 3 is 2.22 bits per heavy atom. The van der Waals surface area contributed by atoms with Crippen molar-refractivity contribution in [3.05, 3.63) is 0 Å². The van der Waals surface area contributed by atoms with Gasteiger partial charge in [-0.25, -0.2) is 13.6 Å². The predicted molar refractivity (Wildman–Crippen MR) is 29.8 cm³/mol. The van der Waals surface area contributed by atoms with Crippen LogP contribution in [0.3, 0.4) is 0 Å². The van der Waals surface area contributed by atoms with Crippen LogP contribution in [0.1, 0.15) is 0 Å². The quantitative estimate of drug-likeness (QED) is 0.501. The first-order valence-electron chi connectivity index (χ1n) is 1.66. The lowest BCUT2D eigenvalue weighted by Crippen LogP contribution is -2.19. The van der Waals surface area contributed by atoms with Gasteiger partial charge >= 0.3 is 11.4 Å². The van der Waals surface area contributed by atoms with Gasteiger partial charge in [-0.05, 0) is 0 Å². The highest BCUT2D eigenvalue weighted by atomic mass is 32.2. The Labute approximate surface area is 54.5 Å². The predicted octanol–water partition coefficient (Wildman–Crippen LogP) is -1.61. The van der Waals surface area contributed by atoms with E-state index in [1.54, 1.807) is 0 Å². The van der Waals surface area contributed by atoms with Crippen molar-refractivity contribution in [2.45, 2.75) is 0 Å². The molecule has 1 atom stereocenters. The van der Waals surface area contributed by atoms with E-state index in [9.17, 15) is 12.6 Å². The highest BCUT2D eigenvalue weighted by molar-refractivity contribution is 7.89. The largest absolute Gasteiger partial charge is 0.302 e. The normalized spacial score (nSPS) is 15.3. The molecule has 9 heavy (non-hydrogen) atoms. The van der Waals surface area contributed by atoms with Gasteiger partial charge in [-0.3, -0.25) is 8.74 Å². The van der Waals surface area contributed by atoms with Gasteiger partial charge in [0.1, 0.15) is 0 Å². The molecular formula is CH5NO5S2. The molecule has 0 radical (unpaired) electrons. The van der Waals surface area contributed by atoms with Gasteiger partial charge in [0.15, 0.2) is 5.94 Å². The molecule has 0 rings (SSSR count). The maximum Gasteiger partial charge on any atom is 0.302 e. The van der Waals surface area contributed by atoms with Crippen molar-refractivity contribution in [3.63, 3.8) is 0 Å². The van der Waals surface area contributed by atoms with E-state index in [1.165, 1.54) is 0 Å². The molecule has 0 amide bonds. The van der Waals surface area contributed by atoms with Gasteiger partial charge in [-0.1, -0.05) is 0 Å². The number of rotatable bonds is 3.